The van der Waals surface area contributed by atoms with Gasteiger partial charge in [-0.05, 0) is 23.8 Å². The van der Waals surface area contributed by atoms with Crippen LogP contribution in [-0.2, 0) is 6.54 Å². The smallest absolute Gasteiger partial charge is 0.272 e. The third-order valence-corrected chi connectivity index (χ3v) is 3.37. The number of hydrogen-bond acceptors (Lipinski definition) is 3. The van der Waals surface area contributed by atoms with Crippen LogP contribution in [0.3, 0.4) is 0 Å². The molecule has 5 heteroatoms. The first kappa shape index (κ1) is 12.7. The van der Waals surface area contributed by atoms with Crippen molar-refractivity contribution in [3.8, 4) is 0 Å². The highest BCUT2D eigenvalue weighted by Gasteiger charge is 2.05. The topological polar surface area (TPSA) is 57.8 Å². The van der Waals surface area contributed by atoms with E-state index in [0.29, 0.717) is 22.5 Å². The van der Waals surface area contributed by atoms with Crippen LogP contribution in [0.2, 0.25) is 5.15 Å². The molecule has 3 rings (SSSR count). The van der Waals surface area contributed by atoms with Crippen LogP contribution in [-0.4, -0.2) is 10.2 Å². The molecule has 0 radical (unpaired) electrons. The summed E-state index contributed by atoms with van der Waals surface area (Å²) in [7, 11) is 0. The highest BCUT2D eigenvalue weighted by Crippen LogP contribution is 2.21. The summed E-state index contributed by atoms with van der Waals surface area (Å²) in [5, 5.41) is 10.9. The van der Waals surface area contributed by atoms with E-state index in [1.165, 1.54) is 5.56 Å². The normalized spacial score (nSPS) is 10.7. The SMILES string of the molecule is O=c1[nH]nc(Cl)c2ccc(NCc3ccccc3)cc12. The molecule has 0 unspecified atom stereocenters. The number of nitrogens with zero attached hydrogens (tertiary/aromatic N) is 1. The molecule has 0 bridgehead atoms. The van der Waals surface area contributed by atoms with Crippen LogP contribution in [0.25, 0.3) is 10.8 Å². The molecule has 0 aliphatic heterocycles. The Morgan fingerprint density at radius 1 is 1.10 bits per heavy atom. The molecule has 2 aromatic carbocycles. The van der Waals surface area contributed by atoms with E-state index in [9.17, 15) is 4.79 Å². The van der Waals surface area contributed by atoms with Crippen molar-refractivity contribution in [3.05, 3.63) is 69.6 Å². The fourth-order valence-electron chi connectivity index (χ4n) is 2.04. The monoisotopic (exact) mass is 285 g/mol. The molecule has 0 spiro atoms. The van der Waals surface area contributed by atoms with Gasteiger partial charge in [0.15, 0.2) is 5.15 Å². The number of halogens is 1. The van der Waals surface area contributed by atoms with E-state index in [1.807, 2.05) is 36.4 Å². The van der Waals surface area contributed by atoms with Crippen molar-refractivity contribution in [2.75, 3.05) is 5.32 Å². The lowest BCUT2D eigenvalue weighted by Gasteiger charge is -2.07. The maximum absolute atomic E-state index is 11.8. The van der Waals surface area contributed by atoms with Gasteiger partial charge < -0.3 is 5.32 Å². The predicted octanol–water partition coefficient (Wildman–Crippen LogP) is 3.19. The lowest BCUT2D eigenvalue weighted by Crippen LogP contribution is -2.09. The Bertz CT molecular complexity index is 799. The van der Waals surface area contributed by atoms with Crippen LogP contribution in [0.1, 0.15) is 5.56 Å². The third kappa shape index (κ3) is 2.51. The van der Waals surface area contributed by atoms with Gasteiger partial charge in [-0.15, -0.1) is 0 Å². The number of hydrogen-bond donors (Lipinski definition) is 2. The molecule has 0 atom stereocenters. The van der Waals surface area contributed by atoms with Crippen LogP contribution in [0.15, 0.2) is 53.3 Å². The van der Waals surface area contributed by atoms with E-state index in [0.717, 1.165) is 5.69 Å². The van der Waals surface area contributed by atoms with Crippen molar-refractivity contribution in [3.63, 3.8) is 0 Å². The molecule has 0 saturated carbocycles. The summed E-state index contributed by atoms with van der Waals surface area (Å²) in [6.45, 7) is 0.697. The second-order valence-electron chi connectivity index (χ2n) is 4.44. The van der Waals surface area contributed by atoms with E-state index >= 15 is 0 Å². The fourth-order valence-corrected chi connectivity index (χ4v) is 2.25. The maximum atomic E-state index is 11.8. The van der Waals surface area contributed by atoms with Gasteiger partial charge in [-0.3, -0.25) is 4.79 Å². The van der Waals surface area contributed by atoms with E-state index < -0.39 is 0 Å². The van der Waals surface area contributed by atoms with Gasteiger partial charge in [0.05, 0.1) is 5.39 Å². The Kier molecular flexibility index (Phi) is 3.39. The van der Waals surface area contributed by atoms with Gasteiger partial charge in [0.2, 0.25) is 0 Å². The zero-order chi connectivity index (χ0) is 13.9. The van der Waals surface area contributed by atoms with Crippen molar-refractivity contribution < 1.29 is 0 Å². The minimum atomic E-state index is -0.243. The van der Waals surface area contributed by atoms with Crippen molar-refractivity contribution in [1.82, 2.24) is 10.2 Å². The van der Waals surface area contributed by atoms with Crippen LogP contribution in [0.4, 0.5) is 5.69 Å². The minimum absolute atomic E-state index is 0.243. The van der Waals surface area contributed by atoms with Gasteiger partial charge in [0.1, 0.15) is 0 Å². The second-order valence-corrected chi connectivity index (χ2v) is 4.80. The van der Waals surface area contributed by atoms with E-state index in [1.54, 1.807) is 12.1 Å². The molecule has 2 N–H and O–H groups in total. The molecule has 0 amide bonds. The molecular formula is C15H12ClN3O. The number of fused-ring (bicyclic) bond motifs is 1. The molecule has 20 heavy (non-hydrogen) atoms. The molecule has 1 heterocycles. The number of H-pyrrole nitrogens is 1. The van der Waals surface area contributed by atoms with Gasteiger partial charge in [0, 0.05) is 17.6 Å². The average molecular weight is 286 g/mol. The number of benzene rings is 2. The maximum Gasteiger partial charge on any atom is 0.272 e. The first-order chi connectivity index (χ1) is 9.74. The van der Waals surface area contributed by atoms with Gasteiger partial charge >= 0.3 is 0 Å². The van der Waals surface area contributed by atoms with Crippen LogP contribution in [0, 0.1) is 0 Å². The summed E-state index contributed by atoms with van der Waals surface area (Å²) < 4.78 is 0. The first-order valence-corrected chi connectivity index (χ1v) is 6.57. The average Bonchev–Trinajstić information content (AvgIpc) is 2.50. The summed E-state index contributed by atoms with van der Waals surface area (Å²) in [5.74, 6) is 0. The van der Waals surface area contributed by atoms with Gasteiger partial charge in [0.25, 0.3) is 5.56 Å². The number of nitrogens with one attached hydrogen (secondary N) is 2. The molecule has 0 saturated heterocycles. The summed E-state index contributed by atoms with van der Waals surface area (Å²) >= 11 is 5.95. The number of anilines is 1. The molecule has 100 valence electrons. The van der Waals surface area contributed by atoms with E-state index in [2.05, 4.69) is 15.5 Å². The molecular weight excluding hydrogens is 274 g/mol. The Balaban J connectivity index is 1.90. The Labute approximate surface area is 120 Å². The summed E-state index contributed by atoms with van der Waals surface area (Å²) in [6.07, 6.45) is 0. The Morgan fingerprint density at radius 2 is 1.90 bits per heavy atom. The van der Waals surface area contributed by atoms with Gasteiger partial charge in [-0.2, -0.15) is 5.10 Å². The molecule has 3 aromatic rings. The minimum Gasteiger partial charge on any atom is -0.381 e. The number of rotatable bonds is 3. The third-order valence-electron chi connectivity index (χ3n) is 3.08. The van der Waals surface area contributed by atoms with E-state index in [4.69, 9.17) is 11.6 Å². The van der Waals surface area contributed by atoms with Crippen LogP contribution >= 0.6 is 11.6 Å². The zero-order valence-electron chi connectivity index (χ0n) is 10.6. The lowest BCUT2D eigenvalue weighted by atomic mass is 10.1. The number of aromatic nitrogens is 2. The highest BCUT2D eigenvalue weighted by atomic mass is 35.5. The Hall–Kier alpha value is -2.33. The summed E-state index contributed by atoms with van der Waals surface area (Å²) in [6, 6.07) is 15.5. The number of aromatic amines is 1. The predicted molar refractivity (Wildman–Crippen MR) is 81.1 cm³/mol. The van der Waals surface area contributed by atoms with Crippen molar-refractivity contribution in [1.29, 1.82) is 0 Å². The molecule has 0 aliphatic carbocycles. The first-order valence-electron chi connectivity index (χ1n) is 6.20. The van der Waals surface area contributed by atoms with Crippen molar-refractivity contribution in [2.45, 2.75) is 6.54 Å². The van der Waals surface area contributed by atoms with Crippen LogP contribution < -0.4 is 10.9 Å². The molecule has 4 nitrogen and oxygen atoms in total. The van der Waals surface area contributed by atoms with Crippen LogP contribution in [0.5, 0.6) is 0 Å². The summed E-state index contributed by atoms with van der Waals surface area (Å²) in [4.78, 5) is 11.8. The fraction of sp³-hybridized carbons (Fsp3) is 0.0667. The lowest BCUT2D eigenvalue weighted by molar-refractivity contribution is 1.01. The second kappa shape index (κ2) is 5.35. The van der Waals surface area contributed by atoms with Gasteiger partial charge in [-0.25, -0.2) is 5.10 Å². The summed E-state index contributed by atoms with van der Waals surface area (Å²) in [5.41, 5.74) is 1.80. The molecule has 1 aromatic heterocycles. The standard InChI is InChI=1S/C15H12ClN3O/c16-14-12-7-6-11(8-13(12)15(20)19-18-14)17-9-10-4-2-1-3-5-10/h1-8,17H,9H2,(H,19,20). The van der Waals surface area contributed by atoms with E-state index in [-0.39, 0.29) is 5.56 Å². The quantitative estimate of drug-likeness (QED) is 0.777. The Morgan fingerprint density at radius 3 is 2.70 bits per heavy atom. The highest BCUT2D eigenvalue weighted by molar-refractivity contribution is 6.34. The molecule has 0 fully saturated rings. The largest absolute Gasteiger partial charge is 0.381 e. The van der Waals surface area contributed by atoms with Gasteiger partial charge in [-0.1, -0.05) is 41.9 Å². The zero-order valence-corrected chi connectivity index (χ0v) is 11.3. The van der Waals surface area contributed by atoms with Crippen molar-refractivity contribution >= 4 is 28.1 Å². The molecule has 0 aliphatic rings. The van der Waals surface area contributed by atoms with Crippen molar-refractivity contribution in [2.24, 2.45) is 0 Å².